The fourth-order valence-electron chi connectivity index (χ4n) is 3.28. The minimum Gasteiger partial charge on any atom is -0.592 e. The lowest BCUT2D eigenvalue weighted by atomic mass is 9.68. The quantitative estimate of drug-likeness (QED) is 0.802. The van der Waals surface area contributed by atoms with Crippen LogP contribution in [0.1, 0.15) is 38.3 Å². The molecule has 0 amide bonds. The Bertz CT molecular complexity index is 448. The van der Waals surface area contributed by atoms with Crippen molar-refractivity contribution in [1.82, 2.24) is 9.29 Å². The highest BCUT2D eigenvalue weighted by molar-refractivity contribution is 7.91. The number of nitrogens with zero attached hydrogens (tertiary/aromatic N) is 2. The number of hydrogen-bond acceptors (Lipinski definition) is 5. The van der Waals surface area contributed by atoms with E-state index >= 15 is 0 Å². The van der Waals surface area contributed by atoms with Crippen molar-refractivity contribution in [2.45, 2.75) is 49.5 Å². The van der Waals surface area contributed by atoms with Crippen LogP contribution >= 0.6 is 11.3 Å². The monoisotopic (exact) mass is 300 g/mol. The van der Waals surface area contributed by atoms with Gasteiger partial charge in [0.05, 0.1) is 36.1 Å². The van der Waals surface area contributed by atoms with Gasteiger partial charge in [-0.2, -0.15) is 0 Å². The summed E-state index contributed by atoms with van der Waals surface area (Å²) in [5.74, 6) is 0. The van der Waals surface area contributed by atoms with Gasteiger partial charge in [0.15, 0.2) is 0 Å². The largest absolute Gasteiger partial charge is 0.592 e. The van der Waals surface area contributed by atoms with E-state index < -0.39 is 11.4 Å². The molecule has 1 aromatic rings. The lowest BCUT2D eigenvalue weighted by Crippen LogP contribution is -2.37. The second kappa shape index (κ2) is 5.33. The first-order valence-corrected chi connectivity index (χ1v) is 8.74. The number of aromatic nitrogens is 1. The molecule has 0 N–H and O–H groups in total. The maximum Gasteiger partial charge on any atom is 0.253 e. The van der Waals surface area contributed by atoms with E-state index in [1.54, 1.807) is 12.6 Å². The molecule has 1 saturated heterocycles. The van der Waals surface area contributed by atoms with Crippen LogP contribution < -0.4 is 0 Å². The van der Waals surface area contributed by atoms with Crippen LogP contribution in [0.2, 0.25) is 0 Å². The van der Waals surface area contributed by atoms with Crippen molar-refractivity contribution in [2.75, 3.05) is 13.7 Å². The Morgan fingerprint density at radius 1 is 1.63 bits per heavy atom. The maximum absolute atomic E-state index is 12.8. The summed E-state index contributed by atoms with van der Waals surface area (Å²) >= 11 is 0.404. The molecule has 2 atom stereocenters. The number of rotatable bonds is 4. The van der Waals surface area contributed by atoms with Crippen molar-refractivity contribution in [3.8, 4) is 0 Å². The summed E-state index contributed by atoms with van der Waals surface area (Å²) in [6.07, 6.45) is 5.14. The average molecular weight is 300 g/mol. The Balaban J connectivity index is 1.76. The minimum absolute atomic E-state index is 0.402. The number of ether oxygens (including phenoxy) is 1. The molecule has 0 aromatic carbocycles. The summed E-state index contributed by atoms with van der Waals surface area (Å²) in [4.78, 5) is 4.27. The Labute approximate surface area is 121 Å². The molecule has 2 aliphatic rings. The van der Waals surface area contributed by atoms with Gasteiger partial charge >= 0.3 is 0 Å². The van der Waals surface area contributed by atoms with Gasteiger partial charge in [0.25, 0.3) is 4.21 Å². The molecule has 2 fully saturated rings. The van der Waals surface area contributed by atoms with Crippen LogP contribution in [0.3, 0.4) is 0 Å². The second-order valence-corrected chi connectivity index (χ2v) is 8.24. The van der Waals surface area contributed by atoms with Gasteiger partial charge in [-0.05, 0) is 31.6 Å². The lowest BCUT2D eigenvalue weighted by Gasteiger charge is -2.37. The fraction of sp³-hybridized carbons (Fsp3) is 0.769. The highest BCUT2D eigenvalue weighted by atomic mass is 32.2. The summed E-state index contributed by atoms with van der Waals surface area (Å²) in [6, 6.07) is 0.402. The molecule has 19 heavy (non-hydrogen) atoms. The molecule has 4 nitrogen and oxygen atoms in total. The van der Waals surface area contributed by atoms with E-state index in [4.69, 9.17) is 4.74 Å². The number of hydrogen-bond donors (Lipinski definition) is 0. The fourth-order valence-corrected chi connectivity index (χ4v) is 5.87. The van der Waals surface area contributed by atoms with Crippen molar-refractivity contribution in [3.63, 3.8) is 0 Å². The second-order valence-electron chi connectivity index (χ2n) is 5.75. The van der Waals surface area contributed by atoms with E-state index in [0.29, 0.717) is 18.1 Å². The molecule has 1 aliphatic carbocycles. The molecule has 2 unspecified atom stereocenters. The third kappa shape index (κ3) is 2.45. The van der Waals surface area contributed by atoms with Crippen molar-refractivity contribution in [2.24, 2.45) is 5.41 Å². The summed E-state index contributed by atoms with van der Waals surface area (Å²) in [5.41, 5.74) is 3.05. The van der Waals surface area contributed by atoms with E-state index in [0.717, 1.165) is 16.4 Å². The van der Waals surface area contributed by atoms with Crippen LogP contribution in [0, 0.1) is 5.41 Å². The molecular formula is C13H20N2O2S2. The van der Waals surface area contributed by atoms with Gasteiger partial charge in [0.1, 0.15) is 5.69 Å². The molecule has 106 valence electrons. The van der Waals surface area contributed by atoms with Crippen LogP contribution in [0.5, 0.6) is 0 Å². The summed E-state index contributed by atoms with van der Waals surface area (Å²) < 4.78 is 20.9. The van der Waals surface area contributed by atoms with Crippen molar-refractivity contribution < 1.29 is 9.29 Å². The molecule has 0 radical (unpaired) electrons. The zero-order valence-corrected chi connectivity index (χ0v) is 13.1. The topological polar surface area (TPSA) is 48.4 Å². The number of thiazole rings is 1. The number of methoxy groups -OCH3 is 1. The third-order valence-electron chi connectivity index (χ3n) is 4.38. The molecule has 1 spiro atoms. The van der Waals surface area contributed by atoms with E-state index in [1.165, 1.54) is 37.0 Å². The first kappa shape index (κ1) is 13.8. The Hall–Kier alpha value is -0.140. The molecule has 3 rings (SSSR count). The van der Waals surface area contributed by atoms with Crippen molar-refractivity contribution >= 4 is 22.7 Å². The smallest absolute Gasteiger partial charge is 0.253 e. The Morgan fingerprint density at radius 3 is 3.00 bits per heavy atom. The van der Waals surface area contributed by atoms with Crippen LogP contribution in [0.25, 0.3) is 0 Å². The van der Waals surface area contributed by atoms with Crippen molar-refractivity contribution in [1.29, 1.82) is 0 Å². The molecule has 1 aliphatic heterocycles. The standard InChI is InChI=1S/C13H20N2O2S2/c1-10-6-13(4-3-5-13)8-15(10)19(16)12-11(7-17-2)14-9-18-12/h9-10H,3-8H2,1-2H3. The predicted molar refractivity (Wildman–Crippen MR) is 76.3 cm³/mol. The summed E-state index contributed by atoms with van der Waals surface area (Å²) in [5, 5.41) is 0. The van der Waals surface area contributed by atoms with Gasteiger partial charge in [0.2, 0.25) is 0 Å². The summed E-state index contributed by atoms with van der Waals surface area (Å²) in [6.45, 7) is 3.62. The molecule has 1 aromatic heterocycles. The van der Waals surface area contributed by atoms with Crippen LogP contribution in [0.15, 0.2) is 9.72 Å². The van der Waals surface area contributed by atoms with Gasteiger partial charge in [0, 0.05) is 7.11 Å². The van der Waals surface area contributed by atoms with Gasteiger partial charge in [-0.25, -0.2) is 4.98 Å². The highest BCUT2D eigenvalue weighted by Crippen LogP contribution is 2.51. The minimum atomic E-state index is -1.08. The molecule has 0 bridgehead atoms. The van der Waals surface area contributed by atoms with Crippen LogP contribution in [-0.4, -0.2) is 33.5 Å². The first-order valence-electron chi connectivity index (χ1n) is 6.75. The van der Waals surface area contributed by atoms with Gasteiger partial charge in [-0.15, -0.1) is 4.31 Å². The molecule has 2 heterocycles. The molecule has 1 saturated carbocycles. The lowest BCUT2D eigenvalue weighted by molar-refractivity contribution is 0.152. The van der Waals surface area contributed by atoms with Gasteiger partial charge < -0.3 is 9.29 Å². The van der Waals surface area contributed by atoms with Gasteiger partial charge in [-0.3, -0.25) is 0 Å². The van der Waals surface area contributed by atoms with Crippen LogP contribution in [0.4, 0.5) is 0 Å². The zero-order valence-electron chi connectivity index (χ0n) is 11.4. The van der Waals surface area contributed by atoms with E-state index in [9.17, 15) is 4.55 Å². The van der Waals surface area contributed by atoms with E-state index in [1.807, 2.05) is 0 Å². The maximum atomic E-state index is 12.8. The third-order valence-corrected chi connectivity index (χ3v) is 7.23. The van der Waals surface area contributed by atoms with Gasteiger partial charge in [-0.1, -0.05) is 17.8 Å². The molecular weight excluding hydrogens is 280 g/mol. The Kier molecular flexibility index (Phi) is 3.88. The Morgan fingerprint density at radius 2 is 2.42 bits per heavy atom. The molecule has 6 heteroatoms. The average Bonchev–Trinajstić information content (AvgIpc) is 2.93. The predicted octanol–water partition coefficient (Wildman–Crippen LogP) is 2.58. The van der Waals surface area contributed by atoms with Crippen LogP contribution in [-0.2, 0) is 22.7 Å². The summed E-state index contributed by atoms with van der Waals surface area (Å²) in [7, 11) is 1.65. The highest BCUT2D eigenvalue weighted by Gasteiger charge is 2.51. The SMILES string of the molecule is COCc1ncsc1[S+]([O-])N1CC2(CCC2)CC1C. The normalized spacial score (nSPS) is 27.6. The van der Waals surface area contributed by atoms with E-state index in [2.05, 4.69) is 16.2 Å². The zero-order chi connectivity index (χ0) is 13.5. The van der Waals surface area contributed by atoms with E-state index in [-0.39, 0.29) is 0 Å². The first-order chi connectivity index (χ1) is 9.15. The van der Waals surface area contributed by atoms with Crippen molar-refractivity contribution in [3.05, 3.63) is 11.2 Å².